The van der Waals surface area contributed by atoms with E-state index < -0.39 is 0 Å². The predicted octanol–water partition coefficient (Wildman–Crippen LogP) is 2.25. The average Bonchev–Trinajstić information content (AvgIpc) is 3.48. The molecule has 2 aliphatic rings. The Labute approximate surface area is 162 Å². The molecule has 1 aliphatic heterocycles. The zero-order valence-electron chi connectivity index (χ0n) is 16.4. The van der Waals surface area contributed by atoms with Gasteiger partial charge in [0.1, 0.15) is 0 Å². The first-order valence-electron chi connectivity index (χ1n) is 10.0. The van der Waals surface area contributed by atoms with Crippen LogP contribution in [0.4, 0.5) is 0 Å². The zero-order chi connectivity index (χ0) is 19.2. The van der Waals surface area contributed by atoms with E-state index in [2.05, 4.69) is 48.3 Å². The maximum atomic E-state index is 12.6. The number of amides is 2. The lowest BCUT2D eigenvalue weighted by atomic mass is 10.2. The van der Waals surface area contributed by atoms with Gasteiger partial charge in [-0.05, 0) is 17.9 Å². The van der Waals surface area contributed by atoms with E-state index in [0.717, 1.165) is 32.7 Å². The van der Waals surface area contributed by atoms with E-state index in [4.69, 9.17) is 0 Å². The molecule has 3 rings (SSSR count). The molecule has 5 nitrogen and oxygen atoms in total. The topological polar surface area (TPSA) is 52.7 Å². The Balaban J connectivity index is 1.37. The van der Waals surface area contributed by atoms with Gasteiger partial charge in [-0.25, -0.2) is 0 Å². The molecular formula is C22H31N3O2. The zero-order valence-corrected chi connectivity index (χ0v) is 16.4. The van der Waals surface area contributed by atoms with Gasteiger partial charge in [-0.3, -0.25) is 14.5 Å². The molecule has 0 spiro atoms. The molecule has 2 atom stereocenters. The number of hydrogen-bond donors (Lipinski definition) is 1. The summed E-state index contributed by atoms with van der Waals surface area (Å²) in [6.45, 7) is 9.04. The van der Waals surface area contributed by atoms with E-state index in [1.807, 2.05) is 23.1 Å². The highest BCUT2D eigenvalue weighted by Crippen LogP contribution is 2.40. The molecule has 1 aromatic rings. The number of carbonyl (C=O) groups excluding carboxylic acids is 2. The van der Waals surface area contributed by atoms with Crippen LogP contribution in [0.5, 0.6) is 0 Å². The first kappa shape index (κ1) is 19.6. The molecule has 2 fully saturated rings. The lowest BCUT2D eigenvalue weighted by Crippen LogP contribution is -2.49. The van der Waals surface area contributed by atoms with E-state index in [0.29, 0.717) is 18.9 Å². The van der Waals surface area contributed by atoms with Crippen LogP contribution in [-0.4, -0.2) is 60.9 Å². The summed E-state index contributed by atoms with van der Waals surface area (Å²) < 4.78 is 0. The number of nitrogens with one attached hydrogen (secondary N) is 1. The molecule has 1 saturated carbocycles. The van der Waals surface area contributed by atoms with Crippen LogP contribution >= 0.6 is 0 Å². The summed E-state index contributed by atoms with van der Waals surface area (Å²) in [4.78, 5) is 29.0. The molecule has 146 valence electrons. The normalized spacial score (nSPS) is 23.0. The Morgan fingerprint density at radius 2 is 1.81 bits per heavy atom. The van der Waals surface area contributed by atoms with Gasteiger partial charge >= 0.3 is 0 Å². The van der Waals surface area contributed by atoms with Crippen molar-refractivity contribution in [2.45, 2.75) is 20.3 Å². The third-order valence-electron chi connectivity index (χ3n) is 5.29. The summed E-state index contributed by atoms with van der Waals surface area (Å²) in [5.74, 6) is 0.446. The predicted molar refractivity (Wildman–Crippen MR) is 108 cm³/mol. The van der Waals surface area contributed by atoms with Crippen LogP contribution in [-0.2, 0) is 9.59 Å². The van der Waals surface area contributed by atoms with Crippen molar-refractivity contribution in [1.29, 1.82) is 0 Å². The molecule has 1 saturated heterocycles. The van der Waals surface area contributed by atoms with Crippen LogP contribution in [0, 0.1) is 17.8 Å². The van der Waals surface area contributed by atoms with Gasteiger partial charge in [0.2, 0.25) is 11.8 Å². The molecule has 2 unspecified atom stereocenters. The third kappa shape index (κ3) is 5.67. The lowest BCUT2D eigenvalue weighted by molar-refractivity contribution is -0.136. The van der Waals surface area contributed by atoms with Gasteiger partial charge in [-0.15, -0.1) is 0 Å². The highest BCUT2D eigenvalue weighted by Gasteiger charge is 2.49. The van der Waals surface area contributed by atoms with Gasteiger partial charge in [0.15, 0.2) is 0 Å². The highest BCUT2D eigenvalue weighted by molar-refractivity contribution is 5.92. The third-order valence-corrected chi connectivity index (χ3v) is 5.29. The average molecular weight is 370 g/mol. The van der Waals surface area contributed by atoms with Crippen LogP contribution < -0.4 is 5.32 Å². The summed E-state index contributed by atoms with van der Waals surface area (Å²) in [5, 5.41) is 2.95. The molecule has 2 amide bonds. The Kier molecular flexibility index (Phi) is 6.67. The van der Waals surface area contributed by atoms with Crippen molar-refractivity contribution in [3.63, 3.8) is 0 Å². The van der Waals surface area contributed by atoms with Gasteiger partial charge in [0.25, 0.3) is 0 Å². The van der Waals surface area contributed by atoms with Gasteiger partial charge in [0, 0.05) is 39.3 Å². The number of benzene rings is 1. The Morgan fingerprint density at radius 1 is 1.11 bits per heavy atom. The van der Waals surface area contributed by atoms with Crippen molar-refractivity contribution in [2.75, 3.05) is 39.3 Å². The maximum Gasteiger partial charge on any atom is 0.226 e. The first-order chi connectivity index (χ1) is 13.0. The second-order valence-corrected chi connectivity index (χ2v) is 8.03. The van der Waals surface area contributed by atoms with E-state index in [9.17, 15) is 9.59 Å². The van der Waals surface area contributed by atoms with Crippen molar-refractivity contribution in [1.82, 2.24) is 15.1 Å². The standard InChI is InChI=1S/C22H31N3O2/c1-17(2)16-23-21(26)19-15-20(19)22(27)25-13-11-24(12-14-25)10-6-9-18-7-4-3-5-8-18/h3-9,17,19-20H,10-16H2,1-2H3,(H,23,26)/b9-6+. The quantitative estimate of drug-likeness (QED) is 0.802. The molecule has 0 aromatic heterocycles. The fraction of sp³-hybridized carbons (Fsp3) is 0.545. The summed E-state index contributed by atoms with van der Waals surface area (Å²) in [5.41, 5.74) is 1.21. The number of rotatable bonds is 7. The van der Waals surface area contributed by atoms with Crippen LogP contribution in [0.3, 0.4) is 0 Å². The van der Waals surface area contributed by atoms with Crippen LogP contribution in [0.1, 0.15) is 25.8 Å². The minimum absolute atomic E-state index is 0.0479. The fourth-order valence-corrected chi connectivity index (χ4v) is 3.48. The van der Waals surface area contributed by atoms with Gasteiger partial charge < -0.3 is 10.2 Å². The Bertz CT molecular complexity index is 663. The second-order valence-electron chi connectivity index (χ2n) is 8.03. The molecule has 5 heteroatoms. The van der Waals surface area contributed by atoms with Crippen LogP contribution in [0.15, 0.2) is 36.4 Å². The summed E-state index contributed by atoms with van der Waals surface area (Å²) in [6, 6.07) is 10.3. The Hall–Kier alpha value is -2.14. The SMILES string of the molecule is CC(C)CNC(=O)C1CC1C(=O)N1CCN(C/C=C/c2ccccc2)CC1. The van der Waals surface area contributed by atoms with Crippen LogP contribution in [0.25, 0.3) is 6.08 Å². The van der Waals surface area contributed by atoms with E-state index >= 15 is 0 Å². The maximum absolute atomic E-state index is 12.6. The summed E-state index contributed by atoms with van der Waals surface area (Å²) >= 11 is 0. The summed E-state index contributed by atoms with van der Waals surface area (Å²) in [6.07, 6.45) is 5.04. The number of piperazine rings is 1. The monoisotopic (exact) mass is 369 g/mol. The van der Waals surface area contributed by atoms with Crippen molar-refractivity contribution in [3.8, 4) is 0 Å². The van der Waals surface area contributed by atoms with Crippen molar-refractivity contribution in [3.05, 3.63) is 42.0 Å². The molecule has 27 heavy (non-hydrogen) atoms. The minimum atomic E-state index is -0.108. The number of carbonyl (C=O) groups is 2. The van der Waals surface area contributed by atoms with Crippen LogP contribution in [0.2, 0.25) is 0 Å². The van der Waals surface area contributed by atoms with Gasteiger partial charge in [0.05, 0.1) is 11.8 Å². The second kappa shape index (κ2) is 9.18. The van der Waals surface area contributed by atoms with Gasteiger partial charge in [-0.2, -0.15) is 0 Å². The van der Waals surface area contributed by atoms with E-state index in [1.165, 1.54) is 5.56 Å². The molecule has 0 radical (unpaired) electrons. The van der Waals surface area contributed by atoms with Crippen molar-refractivity contribution in [2.24, 2.45) is 17.8 Å². The van der Waals surface area contributed by atoms with Crippen molar-refractivity contribution >= 4 is 17.9 Å². The molecule has 1 heterocycles. The summed E-state index contributed by atoms with van der Waals surface area (Å²) in [7, 11) is 0. The van der Waals surface area contributed by atoms with E-state index in [1.54, 1.807) is 0 Å². The lowest BCUT2D eigenvalue weighted by Gasteiger charge is -2.34. The molecule has 1 aromatic carbocycles. The smallest absolute Gasteiger partial charge is 0.226 e. The number of nitrogens with zero attached hydrogens (tertiary/aromatic N) is 2. The largest absolute Gasteiger partial charge is 0.356 e. The number of hydrogen-bond acceptors (Lipinski definition) is 3. The van der Waals surface area contributed by atoms with E-state index in [-0.39, 0.29) is 23.7 Å². The molecule has 1 N–H and O–H groups in total. The minimum Gasteiger partial charge on any atom is -0.356 e. The van der Waals surface area contributed by atoms with Gasteiger partial charge in [-0.1, -0.05) is 56.3 Å². The highest BCUT2D eigenvalue weighted by atomic mass is 16.2. The first-order valence-corrected chi connectivity index (χ1v) is 10.0. The molecular weight excluding hydrogens is 338 g/mol. The Morgan fingerprint density at radius 3 is 2.48 bits per heavy atom. The molecule has 0 bridgehead atoms. The fourth-order valence-electron chi connectivity index (χ4n) is 3.48. The van der Waals surface area contributed by atoms with Crippen molar-refractivity contribution < 1.29 is 9.59 Å². The molecule has 1 aliphatic carbocycles.